The molecule has 5 nitrogen and oxygen atoms in total. The molecule has 2 saturated heterocycles. The molecule has 2 aliphatic carbocycles. The molecule has 0 bridgehead atoms. The minimum atomic E-state index is 0.287. The highest BCUT2D eigenvalue weighted by atomic mass is 35.5. The highest BCUT2D eigenvalue weighted by molar-refractivity contribution is 6.30. The van der Waals surface area contributed by atoms with Gasteiger partial charge in [-0.25, -0.2) is 0 Å². The second-order valence-corrected chi connectivity index (χ2v) is 11.5. The Kier molecular flexibility index (Phi) is 7.67. The molecule has 1 aromatic carbocycles. The number of hydrogen-bond acceptors (Lipinski definition) is 5. The van der Waals surface area contributed by atoms with Crippen LogP contribution in [0.4, 0.5) is 0 Å². The van der Waals surface area contributed by atoms with Gasteiger partial charge in [-0.1, -0.05) is 42.3 Å². The Morgan fingerprint density at radius 1 is 1.03 bits per heavy atom. The first-order valence-electron chi connectivity index (χ1n) is 13.2. The fourth-order valence-corrected chi connectivity index (χ4v) is 6.51. The second-order valence-electron chi connectivity index (χ2n) is 11.1. The zero-order valence-corrected chi connectivity index (χ0v) is 21.5. The lowest BCUT2D eigenvalue weighted by Crippen LogP contribution is -2.50. The molecule has 2 atom stereocenters. The predicted molar refractivity (Wildman–Crippen MR) is 141 cm³/mol. The van der Waals surface area contributed by atoms with Crippen molar-refractivity contribution in [1.29, 1.82) is 0 Å². The number of piperazine rings is 2. The summed E-state index contributed by atoms with van der Waals surface area (Å²) in [6.45, 7) is 14.0. The Labute approximate surface area is 210 Å². The molecular formula is C28H41ClN4O. The molecule has 2 fully saturated rings. The van der Waals surface area contributed by atoms with E-state index in [1.807, 2.05) is 12.1 Å². The van der Waals surface area contributed by atoms with E-state index < -0.39 is 0 Å². The number of nitrogens with one attached hydrogen (secondary N) is 1. The molecule has 0 radical (unpaired) electrons. The lowest BCUT2D eigenvalue weighted by atomic mass is 9.71. The first-order valence-corrected chi connectivity index (χ1v) is 13.6. The molecule has 6 heteroatoms. The molecule has 186 valence electrons. The van der Waals surface area contributed by atoms with Crippen molar-refractivity contribution in [1.82, 2.24) is 20.0 Å². The van der Waals surface area contributed by atoms with Crippen LogP contribution >= 0.6 is 11.6 Å². The van der Waals surface area contributed by atoms with E-state index in [0.29, 0.717) is 11.3 Å². The summed E-state index contributed by atoms with van der Waals surface area (Å²) in [6, 6.07) is 8.51. The third kappa shape index (κ3) is 5.55. The average molecular weight is 485 g/mol. The molecular weight excluding hydrogens is 444 g/mol. The third-order valence-electron chi connectivity index (χ3n) is 8.46. The fraction of sp³-hybridized carbons (Fsp3) is 0.643. The molecule has 0 spiro atoms. The van der Waals surface area contributed by atoms with Crippen LogP contribution in [-0.4, -0.2) is 91.9 Å². The van der Waals surface area contributed by atoms with Gasteiger partial charge in [-0.2, -0.15) is 0 Å². The van der Waals surface area contributed by atoms with Crippen LogP contribution in [0.3, 0.4) is 0 Å². The quantitative estimate of drug-likeness (QED) is 0.617. The minimum Gasteiger partial charge on any atom is -0.396 e. The first kappa shape index (κ1) is 24.3. The number of aliphatic hydroxyl groups is 1. The summed E-state index contributed by atoms with van der Waals surface area (Å²) in [6.07, 6.45) is 6.94. The third-order valence-corrected chi connectivity index (χ3v) is 8.71. The van der Waals surface area contributed by atoms with Gasteiger partial charge in [0.1, 0.15) is 0 Å². The van der Waals surface area contributed by atoms with Gasteiger partial charge in [-0.3, -0.25) is 4.90 Å². The predicted octanol–water partition coefficient (Wildman–Crippen LogP) is 3.70. The van der Waals surface area contributed by atoms with Crippen molar-refractivity contribution < 1.29 is 5.11 Å². The molecule has 2 aliphatic heterocycles. The van der Waals surface area contributed by atoms with Gasteiger partial charge in [0, 0.05) is 82.1 Å². The molecule has 0 saturated carbocycles. The Hall–Kier alpha value is -1.37. The Bertz CT molecular complexity index is 899. The van der Waals surface area contributed by atoms with Gasteiger partial charge in [0.25, 0.3) is 0 Å². The van der Waals surface area contributed by atoms with Gasteiger partial charge < -0.3 is 20.2 Å². The molecule has 0 unspecified atom stereocenters. The lowest BCUT2D eigenvalue weighted by Gasteiger charge is -2.44. The van der Waals surface area contributed by atoms with Crippen LogP contribution in [0.1, 0.15) is 38.2 Å². The molecule has 2 N–H and O–H groups in total. The van der Waals surface area contributed by atoms with E-state index in [-0.39, 0.29) is 6.61 Å². The van der Waals surface area contributed by atoms with Crippen molar-refractivity contribution in [2.75, 3.05) is 72.1 Å². The average Bonchev–Trinajstić information content (AvgIpc) is 2.81. The van der Waals surface area contributed by atoms with E-state index in [4.69, 9.17) is 11.6 Å². The van der Waals surface area contributed by atoms with Crippen molar-refractivity contribution in [3.8, 4) is 0 Å². The number of nitrogens with zero attached hydrogens (tertiary/aromatic N) is 3. The maximum atomic E-state index is 9.58. The molecule has 5 rings (SSSR count). The Morgan fingerprint density at radius 3 is 2.41 bits per heavy atom. The summed E-state index contributed by atoms with van der Waals surface area (Å²) in [7, 11) is 0. The summed E-state index contributed by atoms with van der Waals surface area (Å²) in [5.41, 5.74) is 6.27. The van der Waals surface area contributed by atoms with Gasteiger partial charge >= 0.3 is 0 Å². The summed E-state index contributed by atoms with van der Waals surface area (Å²) in [5.74, 6) is 0.370. The molecule has 1 aromatic rings. The monoisotopic (exact) mass is 484 g/mol. The van der Waals surface area contributed by atoms with Crippen LogP contribution in [0, 0.1) is 11.3 Å². The molecule has 0 amide bonds. The number of benzene rings is 1. The summed E-state index contributed by atoms with van der Waals surface area (Å²) >= 11 is 6.21. The van der Waals surface area contributed by atoms with Gasteiger partial charge in [0.15, 0.2) is 0 Å². The highest BCUT2D eigenvalue weighted by Crippen LogP contribution is 2.44. The maximum absolute atomic E-state index is 9.58. The van der Waals surface area contributed by atoms with Crippen LogP contribution < -0.4 is 5.32 Å². The lowest BCUT2D eigenvalue weighted by molar-refractivity contribution is 0.120. The Morgan fingerprint density at radius 2 is 1.76 bits per heavy atom. The highest BCUT2D eigenvalue weighted by Gasteiger charge is 2.35. The summed E-state index contributed by atoms with van der Waals surface area (Å²) < 4.78 is 0. The largest absolute Gasteiger partial charge is 0.396 e. The Balaban J connectivity index is 1.29. The maximum Gasteiger partial charge on any atom is 0.0516 e. The topological polar surface area (TPSA) is 42.0 Å². The zero-order chi connectivity index (χ0) is 23.5. The van der Waals surface area contributed by atoms with E-state index in [1.165, 1.54) is 43.7 Å². The van der Waals surface area contributed by atoms with E-state index in [0.717, 1.165) is 63.7 Å². The van der Waals surface area contributed by atoms with Gasteiger partial charge in [-0.05, 0) is 54.4 Å². The SMILES string of the molecule is C[C@@]1(CN2CCNCC2)CCC(c2ccc(Cl)cc2)=C(CN2CCN(C3=CC[C@H]3CO)CC2)C1. The van der Waals surface area contributed by atoms with E-state index in [9.17, 15) is 5.11 Å². The first-order chi connectivity index (χ1) is 16.5. The van der Waals surface area contributed by atoms with Gasteiger partial charge in [0.05, 0.1) is 6.61 Å². The molecule has 34 heavy (non-hydrogen) atoms. The van der Waals surface area contributed by atoms with E-state index in [2.05, 4.69) is 45.1 Å². The van der Waals surface area contributed by atoms with Crippen molar-refractivity contribution in [2.45, 2.75) is 32.6 Å². The van der Waals surface area contributed by atoms with E-state index in [1.54, 1.807) is 11.1 Å². The van der Waals surface area contributed by atoms with Crippen molar-refractivity contribution in [3.63, 3.8) is 0 Å². The van der Waals surface area contributed by atoms with Crippen LogP contribution in [0.2, 0.25) is 5.02 Å². The van der Waals surface area contributed by atoms with Crippen LogP contribution in [0.15, 0.2) is 41.6 Å². The van der Waals surface area contributed by atoms with Crippen molar-refractivity contribution >= 4 is 17.2 Å². The van der Waals surface area contributed by atoms with Crippen LogP contribution in [-0.2, 0) is 0 Å². The van der Waals surface area contributed by atoms with Crippen molar-refractivity contribution in [2.24, 2.45) is 11.3 Å². The molecule has 4 aliphatic rings. The minimum absolute atomic E-state index is 0.287. The van der Waals surface area contributed by atoms with E-state index >= 15 is 0 Å². The number of aliphatic hydroxyl groups excluding tert-OH is 1. The zero-order valence-electron chi connectivity index (χ0n) is 20.7. The van der Waals surface area contributed by atoms with Gasteiger partial charge in [-0.15, -0.1) is 0 Å². The summed E-state index contributed by atoms with van der Waals surface area (Å²) in [5, 5.41) is 13.9. The van der Waals surface area contributed by atoms with Crippen LogP contribution in [0.5, 0.6) is 0 Å². The van der Waals surface area contributed by atoms with Crippen molar-refractivity contribution in [3.05, 3.63) is 52.2 Å². The number of allylic oxidation sites excluding steroid dienone is 2. The standard InChI is InChI=1S/C28H41ClN4O/c1-28(21-32-12-10-30-11-13-32)9-8-26(22-2-5-25(29)6-3-22)24(18-28)19-31-14-16-33(17-15-31)27-7-4-23(27)20-34/h2-3,5-7,23,30,34H,4,8-21H2,1H3/t23-,28+/m0/s1. The molecule has 2 heterocycles. The number of rotatable bonds is 7. The number of hydrogen-bond donors (Lipinski definition) is 2. The summed E-state index contributed by atoms with van der Waals surface area (Å²) in [4.78, 5) is 7.83. The van der Waals surface area contributed by atoms with Crippen LogP contribution in [0.25, 0.3) is 5.57 Å². The molecule has 0 aromatic heterocycles. The second kappa shape index (κ2) is 10.7. The van der Waals surface area contributed by atoms with Gasteiger partial charge in [0.2, 0.25) is 0 Å². The smallest absolute Gasteiger partial charge is 0.0516 e. The fourth-order valence-electron chi connectivity index (χ4n) is 6.39. The normalized spacial score (nSPS) is 29.2. The number of halogens is 1.